The summed E-state index contributed by atoms with van der Waals surface area (Å²) in [6, 6.07) is 15.5. The number of carbonyl (C=O) groups is 1. The van der Waals surface area contributed by atoms with E-state index in [4.69, 9.17) is 25.7 Å². The Morgan fingerprint density at radius 3 is 2.11 bits per heavy atom. The number of benzene rings is 2. The Morgan fingerprint density at radius 1 is 0.886 bits per heavy atom. The van der Waals surface area contributed by atoms with E-state index in [9.17, 15) is 21.6 Å². The molecule has 11 nitrogen and oxygen atoms in total. The molecule has 0 saturated heterocycles. The summed E-state index contributed by atoms with van der Waals surface area (Å²) in [4.78, 5) is 15.6. The number of nitrogens with zero attached hydrogens (tertiary/aromatic N) is 3. The molecule has 2 rings (SSSR count). The van der Waals surface area contributed by atoms with Crippen molar-refractivity contribution >= 4 is 35.7 Å². The van der Waals surface area contributed by atoms with Crippen LogP contribution in [0.1, 0.15) is 76.3 Å². The second kappa shape index (κ2) is 22.6. The molecule has 2 aromatic carbocycles. The van der Waals surface area contributed by atoms with Crippen molar-refractivity contribution in [3.05, 3.63) is 76.2 Å². The van der Waals surface area contributed by atoms with Gasteiger partial charge in [-0.15, -0.1) is 0 Å². The van der Waals surface area contributed by atoms with Crippen LogP contribution in [-0.2, 0) is 41.6 Å². The van der Waals surface area contributed by atoms with Crippen LogP contribution in [0.5, 0.6) is 5.75 Å². The lowest BCUT2D eigenvalue weighted by Crippen LogP contribution is -2.44. The molecule has 1 N–H and O–H groups in total. The van der Waals surface area contributed by atoms with Crippen LogP contribution in [0.4, 0.5) is 0 Å². The zero-order chi connectivity index (χ0) is 32.7. The van der Waals surface area contributed by atoms with Crippen molar-refractivity contribution in [2.24, 2.45) is 5.11 Å². The topological polar surface area (TPSA) is 165 Å². The molecule has 0 radical (unpaired) electrons. The number of azide groups is 1. The van der Waals surface area contributed by atoms with E-state index in [1.807, 2.05) is 68.4 Å². The molecule has 0 aliphatic rings. The highest BCUT2D eigenvalue weighted by Crippen LogP contribution is 2.16. The van der Waals surface area contributed by atoms with Gasteiger partial charge in [-0.25, -0.2) is 21.6 Å². The molecule has 0 aliphatic carbocycles. The molecule has 0 fully saturated rings. The Kier molecular flexibility index (Phi) is 20.2. The van der Waals surface area contributed by atoms with Crippen LogP contribution >= 0.6 is 10.7 Å². The van der Waals surface area contributed by atoms with Crippen molar-refractivity contribution in [1.29, 1.82) is 0 Å². The maximum absolute atomic E-state index is 12.8. The van der Waals surface area contributed by atoms with Gasteiger partial charge in [0.05, 0.1) is 18.1 Å². The average Bonchev–Trinajstić information content (AvgIpc) is 3.00. The molecule has 0 aliphatic heterocycles. The van der Waals surface area contributed by atoms with Gasteiger partial charge in [0, 0.05) is 22.1 Å². The van der Waals surface area contributed by atoms with Gasteiger partial charge in [0.25, 0.3) is 0 Å². The number of carbonyl (C=O) groups excluding carboxylic acids is 1. The molecule has 0 heterocycles. The molecule has 0 saturated carbocycles. The van der Waals surface area contributed by atoms with Crippen molar-refractivity contribution in [1.82, 2.24) is 4.72 Å². The van der Waals surface area contributed by atoms with E-state index < -0.39 is 31.1 Å². The van der Waals surface area contributed by atoms with Gasteiger partial charge in [0.1, 0.15) is 18.4 Å². The first-order chi connectivity index (χ1) is 21.0. The minimum Gasteiger partial charge on any atom is -0.494 e. The molecular formula is C30H45ClN4O7S2. The highest BCUT2D eigenvalue weighted by molar-refractivity contribution is 8.13. The van der Waals surface area contributed by atoms with Crippen molar-refractivity contribution in [2.45, 2.75) is 84.3 Å². The lowest BCUT2D eigenvalue weighted by molar-refractivity contribution is -0.147. The maximum atomic E-state index is 12.8. The molecule has 1 atom stereocenters. The van der Waals surface area contributed by atoms with E-state index in [2.05, 4.69) is 14.7 Å². The molecule has 246 valence electrons. The van der Waals surface area contributed by atoms with Crippen LogP contribution in [0.2, 0.25) is 0 Å². The standard InChI is InChI=1S/C26H36N4O5S.C4H9ClO2S/c1-2-3-19-36(32,33)29-25(26(31)35-21-23-11-7-6-8-12-23)20-22-13-15-24(16-14-22)34-18-10-5-4-9-17-28-30-27;1-2-3-4-8(5,6)7/h6-8,11-16,25,29H,2-5,9-10,17-21H2,1H3;2-4H2,1H3/t25-;/m0./s1. The van der Waals surface area contributed by atoms with Crippen LogP contribution in [0.3, 0.4) is 0 Å². The number of rotatable bonds is 21. The minimum absolute atomic E-state index is 0.0374. The summed E-state index contributed by atoms with van der Waals surface area (Å²) in [5.41, 5.74) is 9.88. The van der Waals surface area contributed by atoms with Crippen molar-refractivity contribution in [3.8, 4) is 5.75 Å². The summed E-state index contributed by atoms with van der Waals surface area (Å²) >= 11 is 0. The first-order valence-electron chi connectivity index (χ1n) is 14.8. The predicted molar refractivity (Wildman–Crippen MR) is 175 cm³/mol. The van der Waals surface area contributed by atoms with Crippen LogP contribution < -0.4 is 9.46 Å². The summed E-state index contributed by atoms with van der Waals surface area (Å²) in [7, 11) is -1.95. The van der Waals surface area contributed by atoms with Crippen molar-refractivity contribution in [3.63, 3.8) is 0 Å². The van der Waals surface area contributed by atoms with E-state index in [-0.39, 0.29) is 24.5 Å². The summed E-state index contributed by atoms with van der Waals surface area (Å²) in [6.45, 7) is 5.00. The number of hydrogen-bond acceptors (Lipinski definition) is 8. The largest absolute Gasteiger partial charge is 0.494 e. The van der Waals surface area contributed by atoms with Gasteiger partial charge in [0.15, 0.2) is 0 Å². The van der Waals surface area contributed by atoms with Crippen LogP contribution in [0.15, 0.2) is 59.7 Å². The van der Waals surface area contributed by atoms with Gasteiger partial charge in [-0.05, 0) is 60.9 Å². The Morgan fingerprint density at radius 2 is 1.52 bits per heavy atom. The molecule has 0 aromatic heterocycles. The summed E-state index contributed by atoms with van der Waals surface area (Å²) < 4.78 is 59.1. The SMILES string of the molecule is CCCCS(=O)(=O)Cl.CCCCS(=O)(=O)N[C@@H](Cc1ccc(OCCCCCCN=[N+]=[N-])cc1)C(=O)OCc1ccccc1. The fourth-order valence-corrected chi connectivity index (χ4v) is 6.12. The molecule has 2 aromatic rings. The van der Waals surface area contributed by atoms with Crippen LogP contribution in [0.25, 0.3) is 10.4 Å². The van der Waals surface area contributed by atoms with E-state index in [0.29, 0.717) is 31.7 Å². The molecule has 14 heteroatoms. The maximum Gasteiger partial charge on any atom is 0.324 e. The lowest BCUT2D eigenvalue weighted by Gasteiger charge is -2.18. The first-order valence-corrected chi connectivity index (χ1v) is 19.0. The molecule has 44 heavy (non-hydrogen) atoms. The molecular weight excluding hydrogens is 628 g/mol. The van der Waals surface area contributed by atoms with Gasteiger partial charge >= 0.3 is 5.97 Å². The van der Waals surface area contributed by atoms with Gasteiger partial charge in [-0.1, -0.05) is 87.1 Å². The normalized spacial score (nSPS) is 11.9. The highest BCUT2D eigenvalue weighted by atomic mass is 35.7. The number of ether oxygens (including phenoxy) is 2. The summed E-state index contributed by atoms with van der Waals surface area (Å²) in [5.74, 6) is 0.161. The monoisotopic (exact) mass is 672 g/mol. The second-order valence-electron chi connectivity index (χ2n) is 10.1. The number of hydrogen-bond donors (Lipinski definition) is 1. The second-order valence-corrected chi connectivity index (χ2v) is 14.9. The third kappa shape index (κ3) is 20.2. The fraction of sp³-hybridized carbons (Fsp3) is 0.567. The smallest absolute Gasteiger partial charge is 0.324 e. The summed E-state index contributed by atoms with van der Waals surface area (Å²) in [5, 5.41) is 3.52. The quantitative estimate of drug-likeness (QED) is 0.0386. The Bertz CT molecular complexity index is 1340. The fourth-order valence-electron chi connectivity index (χ4n) is 3.76. The van der Waals surface area contributed by atoms with E-state index in [0.717, 1.165) is 49.7 Å². The van der Waals surface area contributed by atoms with Gasteiger partial charge in [-0.3, -0.25) is 4.79 Å². The van der Waals surface area contributed by atoms with Gasteiger partial charge < -0.3 is 9.47 Å². The zero-order valence-corrected chi connectivity index (χ0v) is 28.0. The van der Waals surface area contributed by atoms with Gasteiger partial charge in [-0.2, -0.15) is 0 Å². The highest BCUT2D eigenvalue weighted by Gasteiger charge is 2.26. The number of unbranched alkanes of at least 4 members (excludes halogenated alkanes) is 5. The van der Waals surface area contributed by atoms with Crippen molar-refractivity contribution in [2.75, 3.05) is 24.7 Å². The van der Waals surface area contributed by atoms with E-state index >= 15 is 0 Å². The predicted octanol–water partition coefficient (Wildman–Crippen LogP) is 6.67. The molecule has 0 spiro atoms. The molecule has 0 unspecified atom stereocenters. The minimum atomic E-state index is -3.62. The number of sulfonamides is 1. The Labute approximate surface area is 266 Å². The molecule has 0 amide bonds. The average molecular weight is 673 g/mol. The van der Waals surface area contributed by atoms with Crippen LogP contribution in [0, 0.1) is 0 Å². The Hall–Kier alpha value is -2.83. The lowest BCUT2D eigenvalue weighted by atomic mass is 10.1. The number of halogens is 1. The third-order valence-electron chi connectivity index (χ3n) is 6.19. The number of esters is 1. The number of nitrogens with one attached hydrogen (secondary N) is 1. The molecule has 0 bridgehead atoms. The summed E-state index contributed by atoms with van der Waals surface area (Å²) in [6.07, 6.45) is 6.69. The van der Waals surface area contributed by atoms with E-state index in [1.165, 1.54) is 0 Å². The van der Waals surface area contributed by atoms with Crippen LogP contribution in [-0.4, -0.2) is 53.5 Å². The Balaban J connectivity index is 0.00000106. The third-order valence-corrected chi connectivity index (χ3v) is 8.90. The van der Waals surface area contributed by atoms with Gasteiger partial charge in [0.2, 0.25) is 19.1 Å². The van der Waals surface area contributed by atoms with Crippen molar-refractivity contribution < 1.29 is 31.1 Å². The zero-order valence-electron chi connectivity index (χ0n) is 25.6. The first kappa shape index (κ1) is 39.2. The van der Waals surface area contributed by atoms with E-state index in [1.54, 1.807) is 0 Å².